The van der Waals surface area contributed by atoms with Crippen molar-refractivity contribution in [2.75, 3.05) is 13.1 Å². The summed E-state index contributed by atoms with van der Waals surface area (Å²) >= 11 is 0. The summed E-state index contributed by atoms with van der Waals surface area (Å²) < 4.78 is 1.47. The van der Waals surface area contributed by atoms with Crippen molar-refractivity contribution in [1.29, 1.82) is 0 Å². The number of hydrogen-bond donors (Lipinski definition) is 2. The van der Waals surface area contributed by atoms with Crippen LogP contribution in [-0.4, -0.2) is 50.1 Å². The highest BCUT2D eigenvalue weighted by Crippen LogP contribution is 2.09. The van der Waals surface area contributed by atoms with Crippen LogP contribution in [0.25, 0.3) is 0 Å². The number of carbonyl (C=O) groups is 1. The molecule has 2 heterocycles. The zero-order valence-electron chi connectivity index (χ0n) is 8.91. The zero-order valence-corrected chi connectivity index (χ0v) is 8.91. The van der Waals surface area contributed by atoms with Crippen molar-refractivity contribution in [3.63, 3.8) is 0 Å². The van der Waals surface area contributed by atoms with Crippen molar-refractivity contribution in [3.8, 4) is 0 Å². The lowest BCUT2D eigenvalue weighted by atomic mass is 10.3. The van der Waals surface area contributed by atoms with Gasteiger partial charge in [0.2, 0.25) is 5.91 Å². The number of aliphatic hydroxyl groups is 1. The first-order valence-electron chi connectivity index (χ1n) is 5.24. The van der Waals surface area contributed by atoms with Crippen LogP contribution in [0.2, 0.25) is 0 Å². The Morgan fingerprint density at radius 2 is 2.50 bits per heavy atom. The van der Waals surface area contributed by atoms with Gasteiger partial charge in [0.15, 0.2) is 0 Å². The third-order valence-corrected chi connectivity index (χ3v) is 2.61. The number of rotatable bonds is 3. The van der Waals surface area contributed by atoms with E-state index in [1.54, 1.807) is 11.1 Å². The second kappa shape index (κ2) is 4.58. The molecule has 1 aromatic heterocycles. The van der Waals surface area contributed by atoms with Gasteiger partial charge in [0.05, 0.1) is 18.0 Å². The van der Waals surface area contributed by atoms with Gasteiger partial charge in [-0.3, -0.25) is 4.79 Å². The molecule has 16 heavy (non-hydrogen) atoms. The van der Waals surface area contributed by atoms with E-state index in [4.69, 9.17) is 5.73 Å². The maximum absolute atomic E-state index is 11.8. The van der Waals surface area contributed by atoms with Crippen LogP contribution in [-0.2, 0) is 17.9 Å². The number of aliphatic hydroxyl groups excluding tert-OH is 1. The van der Waals surface area contributed by atoms with Crippen molar-refractivity contribution in [3.05, 3.63) is 11.9 Å². The number of nitrogens with two attached hydrogens (primary N) is 1. The van der Waals surface area contributed by atoms with Gasteiger partial charge in [0.1, 0.15) is 6.54 Å². The summed E-state index contributed by atoms with van der Waals surface area (Å²) in [5, 5.41) is 16.9. The van der Waals surface area contributed by atoms with E-state index in [0.717, 1.165) is 0 Å². The standard InChI is InChI=1S/C9H15N5O2/c10-3-7-4-14(12-11-7)6-9(16)13-2-1-8(15)5-13/h4,8,15H,1-3,5-6,10H2/t8-/m1/s1. The molecule has 1 aliphatic heterocycles. The van der Waals surface area contributed by atoms with Gasteiger partial charge in [-0.05, 0) is 6.42 Å². The molecule has 1 saturated heterocycles. The van der Waals surface area contributed by atoms with Gasteiger partial charge in [-0.1, -0.05) is 5.21 Å². The van der Waals surface area contributed by atoms with Crippen molar-refractivity contribution in [2.24, 2.45) is 5.73 Å². The molecule has 0 aliphatic carbocycles. The number of β-amino-alcohol motifs (C(OH)–C–C–N with tert-alkyl or cyclic N) is 1. The molecule has 1 fully saturated rings. The van der Waals surface area contributed by atoms with Crippen molar-refractivity contribution in [2.45, 2.75) is 25.6 Å². The number of aromatic nitrogens is 3. The molecule has 0 aromatic carbocycles. The minimum atomic E-state index is -0.390. The van der Waals surface area contributed by atoms with Crippen LogP contribution < -0.4 is 5.73 Å². The fraction of sp³-hybridized carbons (Fsp3) is 0.667. The highest BCUT2D eigenvalue weighted by atomic mass is 16.3. The monoisotopic (exact) mass is 225 g/mol. The Bertz CT molecular complexity index is 378. The number of amides is 1. The predicted octanol–water partition coefficient (Wildman–Crippen LogP) is -1.67. The van der Waals surface area contributed by atoms with E-state index in [9.17, 15) is 9.90 Å². The van der Waals surface area contributed by atoms with E-state index in [2.05, 4.69) is 10.3 Å². The molecule has 3 N–H and O–H groups in total. The third-order valence-electron chi connectivity index (χ3n) is 2.61. The fourth-order valence-corrected chi connectivity index (χ4v) is 1.72. The first-order valence-corrected chi connectivity index (χ1v) is 5.24. The minimum Gasteiger partial charge on any atom is -0.391 e. The maximum atomic E-state index is 11.8. The SMILES string of the molecule is NCc1cn(CC(=O)N2CC[C@@H](O)C2)nn1. The summed E-state index contributed by atoms with van der Waals surface area (Å²) in [5.74, 6) is -0.0509. The molecule has 0 bridgehead atoms. The lowest BCUT2D eigenvalue weighted by molar-refractivity contribution is -0.131. The molecule has 7 heteroatoms. The van der Waals surface area contributed by atoms with Gasteiger partial charge in [-0.25, -0.2) is 4.68 Å². The fourth-order valence-electron chi connectivity index (χ4n) is 1.72. The van der Waals surface area contributed by atoms with Crippen LogP contribution in [0.5, 0.6) is 0 Å². The van der Waals surface area contributed by atoms with Gasteiger partial charge in [0, 0.05) is 19.6 Å². The van der Waals surface area contributed by atoms with Crippen LogP contribution in [0.3, 0.4) is 0 Å². The van der Waals surface area contributed by atoms with Gasteiger partial charge in [0.25, 0.3) is 0 Å². The summed E-state index contributed by atoms with van der Waals surface area (Å²) in [5.41, 5.74) is 6.05. The zero-order chi connectivity index (χ0) is 11.5. The first kappa shape index (κ1) is 11.0. The average Bonchev–Trinajstić information content (AvgIpc) is 2.87. The van der Waals surface area contributed by atoms with Gasteiger partial charge in [-0.15, -0.1) is 5.10 Å². The van der Waals surface area contributed by atoms with Crippen LogP contribution in [0.4, 0.5) is 0 Å². The summed E-state index contributed by atoms with van der Waals surface area (Å²) in [6.07, 6.45) is 1.92. The summed E-state index contributed by atoms with van der Waals surface area (Å²) in [6.45, 7) is 1.49. The highest BCUT2D eigenvalue weighted by Gasteiger charge is 2.24. The van der Waals surface area contributed by atoms with Gasteiger partial charge < -0.3 is 15.7 Å². The van der Waals surface area contributed by atoms with Crippen LogP contribution in [0, 0.1) is 0 Å². The van der Waals surface area contributed by atoms with Gasteiger partial charge >= 0.3 is 0 Å². The predicted molar refractivity (Wildman–Crippen MR) is 55.1 cm³/mol. The topological polar surface area (TPSA) is 97.3 Å². The molecule has 0 unspecified atom stereocenters. The second-order valence-corrected chi connectivity index (χ2v) is 3.89. The van der Waals surface area contributed by atoms with Gasteiger partial charge in [-0.2, -0.15) is 0 Å². The average molecular weight is 225 g/mol. The Balaban J connectivity index is 1.91. The van der Waals surface area contributed by atoms with Crippen molar-refractivity contribution in [1.82, 2.24) is 19.9 Å². The number of carbonyl (C=O) groups excluding carboxylic acids is 1. The Kier molecular flexibility index (Phi) is 3.16. The quantitative estimate of drug-likeness (QED) is 0.641. The molecule has 1 aliphatic rings. The Morgan fingerprint density at radius 1 is 1.69 bits per heavy atom. The second-order valence-electron chi connectivity index (χ2n) is 3.89. The van der Waals surface area contributed by atoms with Crippen molar-refractivity contribution < 1.29 is 9.90 Å². The summed E-state index contributed by atoms with van der Waals surface area (Å²) in [4.78, 5) is 13.4. The molecule has 1 aromatic rings. The molecule has 1 atom stereocenters. The number of likely N-dealkylation sites (tertiary alicyclic amines) is 1. The highest BCUT2D eigenvalue weighted by molar-refractivity contribution is 5.76. The largest absolute Gasteiger partial charge is 0.391 e. The smallest absolute Gasteiger partial charge is 0.244 e. The Hall–Kier alpha value is -1.47. The Morgan fingerprint density at radius 3 is 3.06 bits per heavy atom. The first-order chi connectivity index (χ1) is 7.69. The van der Waals surface area contributed by atoms with Crippen LogP contribution >= 0.6 is 0 Å². The van der Waals surface area contributed by atoms with E-state index >= 15 is 0 Å². The molecule has 0 radical (unpaired) electrons. The molecular weight excluding hydrogens is 210 g/mol. The summed E-state index contributed by atoms with van der Waals surface area (Å²) in [6, 6.07) is 0. The third kappa shape index (κ3) is 2.37. The molecule has 2 rings (SSSR count). The van der Waals surface area contributed by atoms with E-state index in [0.29, 0.717) is 31.7 Å². The van der Waals surface area contributed by atoms with E-state index in [-0.39, 0.29) is 18.6 Å². The van der Waals surface area contributed by atoms with Crippen LogP contribution in [0.15, 0.2) is 6.20 Å². The lowest BCUT2D eigenvalue weighted by Gasteiger charge is -2.14. The van der Waals surface area contributed by atoms with E-state index in [1.807, 2.05) is 0 Å². The summed E-state index contributed by atoms with van der Waals surface area (Å²) in [7, 11) is 0. The maximum Gasteiger partial charge on any atom is 0.244 e. The number of nitrogens with zero attached hydrogens (tertiary/aromatic N) is 4. The van der Waals surface area contributed by atoms with Crippen molar-refractivity contribution >= 4 is 5.91 Å². The Labute approximate surface area is 92.8 Å². The van der Waals surface area contributed by atoms with E-state index < -0.39 is 0 Å². The molecule has 88 valence electrons. The molecular formula is C9H15N5O2. The molecule has 0 spiro atoms. The van der Waals surface area contributed by atoms with Crippen LogP contribution in [0.1, 0.15) is 12.1 Å². The molecule has 1 amide bonds. The molecule has 7 nitrogen and oxygen atoms in total. The number of hydrogen-bond acceptors (Lipinski definition) is 5. The molecule has 0 saturated carbocycles. The normalized spacial score (nSPS) is 20.4. The van der Waals surface area contributed by atoms with E-state index in [1.165, 1.54) is 4.68 Å². The lowest BCUT2D eigenvalue weighted by Crippen LogP contribution is -2.32. The minimum absolute atomic E-state index is 0.0509.